The van der Waals surface area contributed by atoms with Crippen LogP contribution in [-0.2, 0) is 20.9 Å². The minimum absolute atomic E-state index is 0.106. The van der Waals surface area contributed by atoms with Crippen LogP contribution in [0.25, 0.3) is 0 Å². The van der Waals surface area contributed by atoms with Crippen molar-refractivity contribution in [3.63, 3.8) is 0 Å². The Bertz CT molecular complexity index is 1100. The highest BCUT2D eigenvalue weighted by molar-refractivity contribution is 5.76. The van der Waals surface area contributed by atoms with Gasteiger partial charge in [-0.2, -0.15) is 0 Å². The van der Waals surface area contributed by atoms with Gasteiger partial charge in [0.2, 0.25) is 0 Å². The quantitative estimate of drug-likeness (QED) is 0.383. The molecule has 0 spiro atoms. The van der Waals surface area contributed by atoms with E-state index < -0.39 is 18.1 Å². The van der Waals surface area contributed by atoms with Crippen LogP contribution < -0.4 is 14.8 Å². The third-order valence-electron chi connectivity index (χ3n) is 5.85. The normalized spacial score (nSPS) is 12.8. The summed E-state index contributed by atoms with van der Waals surface area (Å²) in [6.07, 6.45) is 1.17. The van der Waals surface area contributed by atoms with Crippen LogP contribution in [0.5, 0.6) is 11.5 Å². The molecule has 0 radical (unpaired) electrons. The summed E-state index contributed by atoms with van der Waals surface area (Å²) in [5.74, 6) is -0.555. The molecule has 0 aliphatic rings. The fourth-order valence-corrected chi connectivity index (χ4v) is 3.83. The van der Waals surface area contributed by atoms with Crippen LogP contribution in [0.15, 0.2) is 72.9 Å². The predicted octanol–water partition coefficient (Wildman–Crippen LogP) is 4.89. The van der Waals surface area contributed by atoms with Gasteiger partial charge in [-0.1, -0.05) is 74.5 Å². The van der Waals surface area contributed by atoms with Crippen LogP contribution >= 0.6 is 0 Å². The number of hydrogen-bond acceptors (Lipinski definition) is 7. The maximum absolute atomic E-state index is 13.0. The van der Waals surface area contributed by atoms with Crippen molar-refractivity contribution >= 4 is 11.9 Å². The molecule has 7 heteroatoms. The van der Waals surface area contributed by atoms with E-state index in [2.05, 4.69) is 10.3 Å². The molecule has 0 saturated carbocycles. The SMILES string of the molecule is COc1ccnc(CN[C@@H](C)C(=O)O[C@@H](C)C(c2ccccc2)c2ccccc2)c1OC(=O)C(C)C. The summed E-state index contributed by atoms with van der Waals surface area (Å²) in [7, 11) is 1.50. The number of nitrogens with one attached hydrogen (secondary N) is 1. The third kappa shape index (κ3) is 6.92. The average molecular weight is 491 g/mol. The van der Waals surface area contributed by atoms with Crippen LogP contribution in [0, 0.1) is 5.92 Å². The van der Waals surface area contributed by atoms with E-state index in [-0.39, 0.29) is 30.1 Å². The number of nitrogens with zero attached hydrogens (tertiary/aromatic N) is 1. The molecule has 190 valence electrons. The number of benzene rings is 2. The van der Waals surface area contributed by atoms with E-state index in [1.54, 1.807) is 33.0 Å². The summed E-state index contributed by atoms with van der Waals surface area (Å²) in [6.45, 7) is 7.32. The Morgan fingerprint density at radius 2 is 1.44 bits per heavy atom. The molecule has 36 heavy (non-hydrogen) atoms. The number of hydrogen-bond donors (Lipinski definition) is 1. The zero-order valence-electron chi connectivity index (χ0n) is 21.4. The van der Waals surface area contributed by atoms with Crippen molar-refractivity contribution < 1.29 is 23.8 Å². The number of carbonyl (C=O) groups is 2. The van der Waals surface area contributed by atoms with E-state index in [4.69, 9.17) is 14.2 Å². The molecule has 2 atom stereocenters. The largest absolute Gasteiger partial charge is 0.493 e. The Kier molecular flexibility index (Phi) is 9.59. The van der Waals surface area contributed by atoms with Gasteiger partial charge in [0.25, 0.3) is 0 Å². The molecule has 3 rings (SSSR count). The number of aromatic nitrogens is 1. The second-order valence-corrected chi connectivity index (χ2v) is 8.91. The van der Waals surface area contributed by atoms with Crippen LogP contribution in [-0.4, -0.2) is 36.2 Å². The Labute approximate surface area is 212 Å². The van der Waals surface area contributed by atoms with Crippen LogP contribution in [0.4, 0.5) is 0 Å². The van der Waals surface area contributed by atoms with Gasteiger partial charge in [-0.25, -0.2) is 0 Å². The van der Waals surface area contributed by atoms with Gasteiger partial charge in [0.1, 0.15) is 17.8 Å². The molecular weight excluding hydrogens is 456 g/mol. The molecule has 0 aliphatic carbocycles. The van der Waals surface area contributed by atoms with Gasteiger partial charge in [0.15, 0.2) is 11.5 Å². The molecule has 7 nitrogen and oxygen atoms in total. The molecule has 1 N–H and O–H groups in total. The number of methoxy groups -OCH3 is 1. The zero-order chi connectivity index (χ0) is 26.1. The van der Waals surface area contributed by atoms with Gasteiger partial charge < -0.3 is 14.2 Å². The Morgan fingerprint density at radius 1 is 0.861 bits per heavy atom. The van der Waals surface area contributed by atoms with Crippen molar-refractivity contribution in [1.29, 1.82) is 0 Å². The summed E-state index contributed by atoms with van der Waals surface area (Å²) in [5, 5.41) is 3.13. The standard InChI is InChI=1S/C29H34N2O5/c1-19(2)28(32)36-27-24(30-17-16-25(27)34-5)18-31-20(3)29(33)35-21(4)26(22-12-8-6-9-13-22)23-14-10-7-11-15-23/h6-17,19-21,26,31H,18H2,1-5H3/t20-,21-/m0/s1. The number of pyridine rings is 1. The molecule has 0 saturated heterocycles. The first-order chi connectivity index (χ1) is 17.3. The minimum atomic E-state index is -0.624. The first-order valence-corrected chi connectivity index (χ1v) is 12.1. The Hall–Kier alpha value is -3.71. The van der Waals surface area contributed by atoms with Crippen molar-refractivity contribution in [2.75, 3.05) is 7.11 Å². The molecule has 0 bridgehead atoms. The first-order valence-electron chi connectivity index (χ1n) is 12.1. The molecule has 3 aromatic rings. The Balaban J connectivity index is 1.70. The van der Waals surface area contributed by atoms with Gasteiger partial charge in [-0.3, -0.25) is 19.9 Å². The van der Waals surface area contributed by atoms with Gasteiger partial charge in [-0.05, 0) is 25.0 Å². The van der Waals surface area contributed by atoms with Crippen LogP contribution in [0.3, 0.4) is 0 Å². The molecule has 0 unspecified atom stereocenters. The summed E-state index contributed by atoms with van der Waals surface area (Å²) >= 11 is 0. The van der Waals surface area contributed by atoms with E-state index in [0.717, 1.165) is 11.1 Å². The topological polar surface area (TPSA) is 86.8 Å². The predicted molar refractivity (Wildman–Crippen MR) is 138 cm³/mol. The van der Waals surface area contributed by atoms with E-state index in [1.165, 1.54) is 7.11 Å². The van der Waals surface area contributed by atoms with Crippen molar-refractivity contribution in [2.45, 2.75) is 52.3 Å². The van der Waals surface area contributed by atoms with Crippen molar-refractivity contribution in [3.8, 4) is 11.5 Å². The van der Waals surface area contributed by atoms with Gasteiger partial charge in [0.05, 0.1) is 13.0 Å². The molecular formula is C29H34N2O5. The molecule has 1 aromatic heterocycles. The number of rotatable bonds is 11. The highest BCUT2D eigenvalue weighted by atomic mass is 16.6. The zero-order valence-corrected chi connectivity index (χ0v) is 21.4. The van der Waals surface area contributed by atoms with Crippen molar-refractivity contribution in [3.05, 3.63) is 89.7 Å². The fourth-order valence-electron chi connectivity index (χ4n) is 3.83. The van der Waals surface area contributed by atoms with Gasteiger partial charge in [0, 0.05) is 24.7 Å². The third-order valence-corrected chi connectivity index (χ3v) is 5.85. The van der Waals surface area contributed by atoms with Crippen LogP contribution in [0.1, 0.15) is 50.4 Å². The van der Waals surface area contributed by atoms with Crippen molar-refractivity contribution in [2.24, 2.45) is 5.92 Å². The molecule has 2 aromatic carbocycles. The van der Waals surface area contributed by atoms with Crippen LogP contribution in [0.2, 0.25) is 0 Å². The van der Waals surface area contributed by atoms with E-state index in [9.17, 15) is 9.59 Å². The smallest absolute Gasteiger partial charge is 0.323 e. The second-order valence-electron chi connectivity index (χ2n) is 8.91. The first kappa shape index (κ1) is 26.9. The minimum Gasteiger partial charge on any atom is -0.493 e. The second kappa shape index (κ2) is 12.8. The molecule has 0 amide bonds. The summed E-state index contributed by atoms with van der Waals surface area (Å²) in [4.78, 5) is 29.5. The lowest BCUT2D eigenvalue weighted by molar-refractivity contribution is -0.151. The maximum atomic E-state index is 13.0. The summed E-state index contributed by atoms with van der Waals surface area (Å²) in [6, 6.07) is 21.0. The van der Waals surface area contributed by atoms with E-state index in [0.29, 0.717) is 11.4 Å². The number of carbonyl (C=O) groups excluding carboxylic acids is 2. The van der Waals surface area contributed by atoms with Crippen molar-refractivity contribution in [1.82, 2.24) is 10.3 Å². The summed E-state index contributed by atoms with van der Waals surface area (Å²) < 4.78 is 16.8. The lowest BCUT2D eigenvalue weighted by Crippen LogP contribution is -2.38. The fraction of sp³-hybridized carbons (Fsp3) is 0.345. The highest BCUT2D eigenvalue weighted by Crippen LogP contribution is 2.31. The Morgan fingerprint density at radius 3 is 1.97 bits per heavy atom. The molecule has 1 heterocycles. The molecule has 0 aliphatic heterocycles. The number of ether oxygens (including phenoxy) is 3. The van der Waals surface area contributed by atoms with Gasteiger partial charge in [-0.15, -0.1) is 0 Å². The lowest BCUT2D eigenvalue weighted by Gasteiger charge is -2.26. The van der Waals surface area contributed by atoms with E-state index in [1.807, 2.05) is 67.6 Å². The maximum Gasteiger partial charge on any atom is 0.323 e. The van der Waals surface area contributed by atoms with Gasteiger partial charge >= 0.3 is 11.9 Å². The average Bonchev–Trinajstić information content (AvgIpc) is 2.89. The number of esters is 2. The lowest BCUT2D eigenvalue weighted by atomic mass is 9.87. The highest BCUT2D eigenvalue weighted by Gasteiger charge is 2.27. The summed E-state index contributed by atoms with van der Waals surface area (Å²) in [5.41, 5.74) is 2.60. The molecule has 0 fully saturated rings. The van der Waals surface area contributed by atoms with E-state index >= 15 is 0 Å². The monoisotopic (exact) mass is 490 g/mol.